The predicted octanol–water partition coefficient (Wildman–Crippen LogP) is 3.01. The number of benzene rings is 2. The third-order valence-corrected chi connectivity index (χ3v) is 4.60. The number of nitrogens with one attached hydrogen (secondary N) is 1. The fraction of sp³-hybridized carbons (Fsp3) is 0.235. The summed E-state index contributed by atoms with van der Waals surface area (Å²) in [4.78, 5) is 27.3. The quantitative estimate of drug-likeness (QED) is 0.876. The Morgan fingerprint density at radius 1 is 1.26 bits per heavy atom. The Labute approximate surface area is 138 Å². The number of carbonyl (C=O) groups is 2. The summed E-state index contributed by atoms with van der Waals surface area (Å²) in [5.74, 6) is -0.431. The third kappa shape index (κ3) is 3.71. The first kappa shape index (κ1) is 15.6. The van der Waals surface area contributed by atoms with Gasteiger partial charge in [0.1, 0.15) is 0 Å². The maximum Gasteiger partial charge on any atom is 0.302 e. The SMILES string of the molecule is CC(=O)OCCC1SC(=Nc2cccc3ccccc23)NC1=O. The predicted molar refractivity (Wildman–Crippen MR) is 91.8 cm³/mol. The van der Waals surface area contributed by atoms with Gasteiger partial charge in [0.15, 0.2) is 5.17 Å². The Morgan fingerprint density at radius 2 is 2.04 bits per heavy atom. The Morgan fingerprint density at radius 3 is 2.87 bits per heavy atom. The summed E-state index contributed by atoms with van der Waals surface area (Å²) >= 11 is 1.37. The number of esters is 1. The summed E-state index contributed by atoms with van der Waals surface area (Å²) in [5.41, 5.74) is 0.825. The second kappa shape index (κ2) is 6.83. The highest BCUT2D eigenvalue weighted by atomic mass is 32.2. The minimum absolute atomic E-state index is 0.0962. The molecule has 0 saturated carbocycles. The van der Waals surface area contributed by atoms with Gasteiger partial charge < -0.3 is 10.1 Å². The molecule has 1 amide bonds. The number of rotatable bonds is 4. The molecule has 118 valence electrons. The van der Waals surface area contributed by atoms with Crippen molar-refractivity contribution in [1.82, 2.24) is 5.32 Å². The zero-order chi connectivity index (χ0) is 16.2. The van der Waals surface area contributed by atoms with Crippen LogP contribution in [0.4, 0.5) is 5.69 Å². The number of amides is 1. The van der Waals surface area contributed by atoms with Gasteiger partial charge in [-0.3, -0.25) is 9.59 Å². The molecule has 0 aromatic heterocycles. The summed E-state index contributed by atoms with van der Waals surface area (Å²) in [7, 11) is 0. The number of amidine groups is 1. The number of hydrogen-bond acceptors (Lipinski definition) is 5. The average molecular weight is 328 g/mol. The van der Waals surface area contributed by atoms with Crippen molar-refractivity contribution in [1.29, 1.82) is 0 Å². The monoisotopic (exact) mass is 328 g/mol. The van der Waals surface area contributed by atoms with E-state index >= 15 is 0 Å². The van der Waals surface area contributed by atoms with Gasteiger partial charge in [0, 0.05) is 18.7 Å². The lowest BCUT2D eigenvalue weighted by Crippen LogP contribution is -2.25. The first-order chi connectivity index (χ1) is 11.1. The van der Waals surface area contributed by atoms with Crippen LogP contribution >= 0.6 is 11.8 Å². The van der Waals surface area contributed by atoms with E-state index in [1.165, 1.54) is 18.7 Å². The lowest BCUT2D eigenvalue weighted by molar-refractivity contribution is -0.141. The van der Waals surface area contributed by atoms with Crippen molar-refractivity contribution in [3.05, 3.63) is 42.5 Å². The van der Waals surface area contributed by atoms with Gasteiger partial charge in [-0.05, 0) is 11.5 Å². The van der Waals surface area contributed by atoms with E-state index in [4.69, 9.17) is 4.74 Å². The van der Waals surface area contributed by atoms with Crippen LogP contribution in [0.15, 0.2) is 47.5 Å². The van der Waals surface area contributed by atoms with Crippen molar-refractivity contribution in [2.24, 2.45) is 4.99 Å². The molecule has 0 aliphatic carbocycles. The lowest BCUT2D eigenvalue weighted by Gasteiger charge is -2.04. The molecule has 3 rings (SSSR count). The molecule has 1 aliphatic rings. The molecule has 0 radical (unpaired) electrons. The highest BCUT2D eigenvalue weighted by Crippen LogP contribution is 2.29. The molecule has 1 aliphatic heterocycles. The number of nitrogens with zero attached hydrogens (tertiary/aromatic N) is 1. The van der Waals surface area contributed by atoms with E-state index in [2.05, 4.69) is 10.3 Å². The minimum atomic E-state index is -0.335. The van der Waals surface area contributed by atoms with Gasteiger partial charge in [-0.1, -0.05) is 48.2 Å². The van der Waals surface area contributed by atoms with E-state index in [1.807, 2.05) is 42.5 Å². The Hall–Kier alpha value is -2.34. The van der Waals surface area contributed by atoms with Crippen LogP contribution in [0.25, 0.3) is 10.8 Å². The van der Waals surface area contributed by atoms with Gasteiger partial charge in [0.2, 0.25) is 5.91 Å². The van der Waals surface area contributed by atoms with Gasteiger partial charge in [-0.25, -0.2) is 4.99 Å². The van der Waals surface area contributed by atoms with Crippen LogP contribution in [0.1, 0.15) is 13.3 Å². The number of aliphatic imine (C=N–C) groups is 1. The molecule has 1 fully saturated rings. The lowest BCUT2D eigenvalue weighted by atomic mass is 10.1. The van der Waals surface area contributed by atoms with E-state index in [0.29, 0.717) is 11.6 Å². The summed E-state index contributed by atoms with van der Waals surface area (Å²) in [6.45, 7) is 1.59. The van der Waals surface area contributed by atoms with E-state index in [-0.39, 0.29) is 23.7 Å². The van der Waals surface area contributed by atoms with Crippen LogP contribution in [0.3, 0.4) is 0 Å². The van der Waals surface area contributed by atoms with Gasteiger partial charge in [0.05, 0.1) is 17.5 Å². The highest BCUT2D eigenvalue weighted by molar-refractivity contribution is 8.15. The summed E-state index contributed by atoms with van der Waals surface area (Å²) in [6.07, 6.45) is 0.477. The van der Waals surface area contributed by atoms with Crippen molar-refractivity contribution >= 4 is 45.3 Å². The van der Waals surface area contributed by atoms with E-state index < -0.39 is 0 Å². The normalized spacial score (nSPS) is 19.1. The summed E-state index contributed by atoms with van der Waals surface area (Å²) in [6, 6.07) is 13.9. The largest absolute Gasteiger partial charge is 0.466 e. The van der Waals surface area contributed by atoms with E-state index in [1.54, 1.807) is 0 Å². The maximum absolute atomic E-state index is 12.0. The highest BCUT2D eigenvalue weighted by Gasteiger charge is 2.30. The van der Waals surface area contributed by atoms with Gasteiger partial charge in [0.25, 0.3) is 0 Å². The number of thioether (sulfide) groups is 1. The Kier molecular flexibility index (Phi) is 4.62. The second-order valence-corrected chi connectivity index (χ2v) is 6.33. The van der Waals surface area contributed by atoms with Crippen LogP contribution in [0.2, 0.25) is 0 Å². The molecular weight excluding hydrogens is 312 g/mol. The standard InChI is InChI=1S/C17H16N2O3S/c1-11(20)22-10-9-15-16(21)19-17(23-15)18-14-8-4-6-12-5-2-3-7-13(12)14/h2-8,15H,9-10H2,1H3,(H,18,19,21). The van der Waals surface area contributed by atoms with Gasteiger partial charge in [-0.15, -0.1) is 0 Å². The molecule has 2 aromatic carbocycles. The molecule has 0 bridgehead atoms. The first-order valence-electron chi connectivity index (χ1n) is 7.31. The average Bonchev–Trinajstić information content (AvgIpc) is 2.87. The maximum atomic E-state index is 12.0. The molecule has 2 aromatic rings. The smallest absolute Gasteiger partial charge is 0.302 e. The van der Waals surface area contributed by atoms with Gasteiger partial charge >= 0.3 is 5.97 Å². The van der Waals surface area contributed by atoms with Crippen molar-refractivity contribution in [3.8, 4) is 0 Å². The zero-order valence-electron chi connectivity index (χ0n) is 12.6. The van der Waals surface area contributed by atoms with Crippen molar-refractivity contribution < 1.29 is 14.3 Å². The molecule has 6 heteroatoms. The molecule has 1 N–H and O–H groups in total. The molecule has 5 nitrogen and oxygen atoms in total. The van der Waals surface area contributed by atoms with Gasteiger partial charge in [-0.2, -0.15) is 0 Å². The van der Waals surface area contributed by atoms with Crippen molar-refractivity contribution in [3.63, 3.8) is 0 Å². The fourth-order valence-corrected chi connectivity index (χ4v) is 3.33. The van der Waals surface area contributed by atoms with Crippen LogP contribution in [-0.2, 0) is 14.3 Å². The van der Waals surface area contributed by atoms with Crippen LogP contribution in [0, 0.1) is 0 Å². The zero-order valence-corrected chi connectivity index (χ0v) is 13.4. The summed E-state index contributed by atoms with van der Waals surface area (Å²) < 4.78 is 4.89. The first-order valence-corrected chi connectivity index (χ1v) is 8.19. The Balaban J connectivity index is 1.75. The van der Waals surface area contributed by atoms with Crippen LogP contribution in [-0.4, -0.2) is 28.9 Å². The summed E-state index contributed by atoms with van der Waals surface area (Å²) in [5, 5.41) is 5.25. The third-order valence-electron chi connectivity index (χ3n) is 3.45. The topological polar surface area (TPSA) is 67.8 Å². The number of fused-ring (bicyclic) bond motifs is 1. The van der Waals surface area contributed by atoms with Crippen LogP contribution < -0.4 is 5.32 Å². The minimum Gasteiger partial charge on any atom is -0.466 e. The molecule has 1 unspecified atom stereocenters. The van der Waals surface area contributed by atoms with E-state index in [0.717, 1.165) is 16.5 Å². The van der Waals surface area contributed by atoms with Crippen molar-refractivity contribution in [2.75, 3.05) is 6.61 Å². The second-order valence-electron chi connectivity index (χ2n) is 5.14. The van der Waals surface area contributed by atoms with Crippen LogP contribution in [0.5, 0.6) is 0 Å². The molecule has 1 heterocycles. The molecule has 0 spiro atoms. The number of carbonyl (C=O) groups excluding carboxylic acids is 2. The molecule has 1 saturated heterocycles. The van der Waals surface area contributed by atoms with Crippen molar-refractivity contribution in [2.45, 2.75) is 18.6 Å². The molecule has 1 atom stereocenters. The number of hydrogen-bond donors (Lipinski definition) is 1. The molecular formula is C17H16N2O3S. The molecule has 23 heavy (non-hydrogen) atoms. The number of ether oxygens (including phenoxy) is 1. The Bertz CT molecular complexity index is 783. The van der Waals surface area contributed by atoms with E-state index in [9.17, 15) is 9.59 Å². The fourth-order valence-electron chi connectivity index (χ4n) is 2.37.